The van der Waals surface area contributed by atoms with Crippen LogP contribution in [0.3, 0.4) is 0 Å². The van der Waals surface area contributed by atoms with E-state index in [0.717, 1.165) is 8.05 Å². The SMILES string of the molecule is [N-]=[N+]=N/C(=C(\Br)I)c1ccccc1. The summed E-state index contributed by atoms with van der Waals surface area (Å²) in [5, 5.41) is 3.60. The molecule has 0 aliphatic heterocycles. The van der Waals surface area contributed by atoms with Crippen molar-refractivity contribution in [3.8, 4) is 0 Å². The Morgan fingerprint density at radius 3 is 2.46 bits per heavy atom. The van der Waals surface area contributed by atoms with E-state index in [1.54, 1.807) is 0 Å². The summed E-state index contributed by atoms with van der Waals surface area (Å²) in [6.45, 7) is 0. The fraction of sp³-hybridized carbons (Fsp3) is 0. The molecule has 0 bridgehead atoms. The minimum Gasteiger partial charge on any atom is -0.0622 e. The first-order valence-electron chi connectivity index (χ1n) is 3.41. The Hall–Kier alpha value is -0.520. The molecule has 0 N–H and O–H groups in total. The molecule has 0 amide bonds. The zero-order valence-electron chi connectivity index (χ0n) is 6.48. The number of halogens is 2. The maximum atomic E-state index is 8.35. The Morgan fingerprint density at radius 1 is 1.38 bits per heavy atom. The van der Waals surface area contributed by atoms with Gasteiger partial charge >= 0.3 is 0 Å². The van der Waals surface area contributed by atoms with Gasteiger partial charge < -0.3 is 0 Å². The van der Waals surface area contributed by atoms with Crippen molar-refractivity contribution < 1.29 is 0 Å². The second-order valence-corrected chi connectivity index (χ2v) is 5.52. The molecule has 0 aromatic heterocycles. The molecular formula is C8H5BrIN3. The third-order valence-electron chi connectivity index (χ3n) is 1.37. The largest absolute Gasteiger partial charge is 0.0660 e. The molecule has 5 heteroatoms. The number of rotatable bonds is 2. The van der Waals surface area contributed by atoms with Crippen LogP contribution in [0.4, 0.5) is 0 Å². The summed E-state index contributed by atoms with van der Waals surface area (Å²) in [6, 6.07) is 9.50. The fourth-order valence-electron chi connectivity index (χ4n) is 0.845. The van der Waals surface area contributed by atoms with Crippen molar-refractivity contribution in [2.24, 2.45) is 5.11 Å². The second-order valence-electron chi connectivity index (χ2n) is 2.16. The summed E-state index contributed by atoms with van der Waals surface area (Å²) >= 11 is 5.34. The Kier molecular flexibility index (Phi) is 4.27. The van der Waals surface area contributed by atoms with Gasteiger partial charge in [0.15, 0.2) is 0 Å². The van der Waals surface area contributed by atoms with Gasteiger partial charge in [0.05, 0.1) is 8.19 Å². The standard InChI is InChI=1S/C8H5BrIN3/c9-8(10)7(12-13-11)6-4-2-1-3-5-6/h1-5H/b8-7+. The van der Waals surface area contributed by atoms with Crippen LogP contribution in [0.1, 0.15) is 5.56 Å². The molecule has 0 atom stereocenters. The van der Waals surface area contributed by atoms with Crippen molar-refractivity contribution >= 4 is 44.2 Å². The molecule has 0 unspecified atom stereocenters. The van der Waals surface area contributed by atoms with Crippen LogP contribution in [0, 0.1) is 0 Å². The van der Waals surface area contributed by atoms with Crippen molar-refractivity contribution in [1.82, 2.24) is 0 Å². The van der Waals surface area contributed by atoms with Gasteiger partial charge in [0, 0.05) is 4.91 Å². The molecular weight excluding hydrogens is 345 g/mol. The van der Waals surface area contributed by atoms with Crippen LogP contribution >= 0.6 is 38.5 Å². The lowest BCUT2D eigenvalue weighted by atomic mass is 10.2. The molecule has 13 heavy (non-hydrogen) atoms. The van der Waals surface area contributed by atoms with Crippen molar-refractivity contribution in [3.05, 3.63) is 48.8 Å². The Bertz CT molecular complexity index is 364. The van der Waals surface area contributed by atoms with E-state index in [9.17, 15) is 0 Å². The first kappa shape index (κ1) is 10.6. The first-order chi connectivity index (χ1) is 6.25. The van der Waals surface area contributed by atoms with E-state index >= 15 is 0 Å². The number of hydrogen-bond acceptors (Lipinski definition) is 1. The van der Waals surface area contributed by atoms with Crippen molar-refractivity contribution in [3.63, 3.8) is 0 Å². The van der Waals surface area contributed by atoms with E-state index in [1.165, 1.54) is 0 Å². The first-order valence-corrected chi connectivity index (χ1v) is 5.28. The topological polar surface area (TPSA) is 48.8 Å². The van der Waals surface area contributed by atoms with Crippen LogP contribution in [0.2, 0.25) is 0 Å². The van der Waals surface area contributed by atoms with Gasteiger partial charge in [0.2, 0.25) is 0 Å². The van der Waals surface area contributed by atoms with E-state index in [0.29, 0.717) is 5.70 Å². The van der Waals surface area contributed by atoms with Crippen molar-refractivity contribution in [2.45, 2.75) is 0 Å². The Balaban J connectivity index is 3.19. The molecule has 1 rings (SSSR count). The molecule has 0 saturated heterocycles. The maximum absolute atomic E-state index is 8.35. The molecule has 66 valence electrons. The average molecular weight is 350 g/mol. The van der Waals surface area contributed by atoms with Gasteiger partial charge in [-0.1, -0.05) is 35.4 Å². The number of benzene rings is 1. The molecule has 1 aromatic carbocycles. The van der Waals surface area contributed by atoms with Gasteiger partial charge in [-0.3, -0.25) is 0 Å². The highest BCUT2D eigenvalue weighted by Gasteiger charge is 2.01. The summed E-state index contributed by atoms with van der Waals surface area (Å²) < 4.78 is 0.800. The van der Waals surface area contributed by atoms with E-state index in [-0.39, 0.29) is 0 Å². The van der Waals surface area contributed by atoms with Gasteiger partial charge in [0.1, 0.15) is 0 Å². The number of azide groups is 1. The van der Waals surface area contributed by atoms with Crippen LogP contribution in [-0.4, -0.2) is 0 Å². The van der Waals surface area contributed by atoms with Gasteiger partial charge in [-0.25, -0.2) is 0 Å². The van der Waals surface area contributed by atoms with E-state index in [4.69, 9.17) is 5.53 Å². The van der Waals surface area contributed by atoms with Crippen LogP contribution in [0.25, 0.3) is 16.1 Å². The summed E-state index contributed by atoms with van der Waals surface area (Å²) in [5.74, 6) is 0. The monoisotopic (exact) mass is 349 g/mol. The fourth-order valence-corrected chi connectivity index (χ4v) is 1.57. The van der Waals surface area contributed by atoms with E-state index < -0.39 is 0 Å². The van der Waals surface area contributed by atoms with Crippen molar-refractivity contribution in [1.29, 1.82) is 0 Å². The third-order valence-corrected chi connectivity index (χ3v) is 2.26. The average Bonchev–Trinajstić information content (AvgIpc) is 2.15. The Morgan fingerprint density at radius 2 is 2.00 bits per heavy atom. The molecule has 0 saturated carbocycles. The number of nitrogens with zero attached hydrogens (tertiary/aromatic N) is 3. The highest BCUT2D eigenvalue weighted by atomic mass is 127. The smallest absolute Gasteiger partial charge is 0.0622 e. The molecule has 0 heterocycles. The maximum Gasteiger partial charge on any atom is 0.0660 e. The third kappa shape index (κ3) is 3.02. The minimum atomic E-state index is 0.615. The van der Waals surface area contributed by atoms with E-state index in [1.807, 2.05) is 30.3 Å². The highest BCUT2D eigenvalue weighted by Crippen LogP contribution is 2.28. The van der Waals surface area contributed by atoms with Crippen molar-refractivity contribution in [2.75, 3.05) is 0 Å². The van der Waals surface area contributed by atoms with Crippen LogP contribution in [0.15, 0.2) is 37.9 Å². The molecule has 0 aliphatic rings. The van der Waals surface area contributed by atoms with Gasteiger partial charge in [-0.15, -0.1) is 0 Å². The van der Waals surface area contributed by atoms with Gasteiger partial charge in [-0.2, -0.15) is 0 Å². The summed E-state index contributed by atoms with van der Waals surface area (Å²) in [6.07, 6.45) is 0. The zero-order chi connectivity index (χ0) is 9.68. The van der Waals surface area contributed by atoms with Crippen LogP contribution in [-0.2, 0) is 0 Å². The molecule has 0 radical (unpaired) electrons. The molecule has 3 nitrogen and oxygen atoms in total. The minimum absolute atomic E-state index is 0.615. The second kappa shape index (κ2) is 5.26. The van der Waals surface area contributed by atoms with Gasteiger partial charge in [-0.05, 0) is 49.6 Å². The predicted octanol–water partition coefficient (Wildman–Crippen LogP) is 4.45. The van der Waals surface area contributed by atoms with Gasteiger partial charge in [0.25, 0.3) is 0 Å². The lowest BCUT2D eigenvalue weighted by molar-refractivity contribution is 1.48. The van der Waals surface area contributed by atoms with Crippen LogP contribution in [0.5, 0.6) is 0 Å². The molecule has 0 aliphatic carbocycles. The summed E-state index contributed by atoms with van der Waals surface area (Å²) in [4.78, 5) is 2.77. The predicted molar refractivity (Wildman–Crippen MR) is 65.5 cm³/mol. The van der Waals surface area contributed by atoms with Crippen LogP contribution < -0.4 is 0 Å². The molecule has 0 fully saturated rings. The Labute approximate surface area is 97.7 Å². The highest BCUT2D eigenvalue weighted by molar-refractivity contribution is 14.1. The lowest BCUT2D eigenvalue weighted by Gasteiger charge is -1.99. The molecule has 1 aromatic rings. The summed E-state index contributed by atoms with van der Waals surface area (Å²) in [5.41, 5.74) is 9.87. The summed E-state index contributed by atoms with van der Waals surface area (Å²) in [7, 11) is 0. The van der Waals surface area contributed by atoms with E-state index in [2.05, 4.69) is 48.5 Å². The quantitative estimate of drug-likeness (QED) is 0.328. The molecule has 0 spiro atoms. The lowest BCUT2D eigenvalue weighted by Crippen LogP contribution is -1.78. The normalized spacial score (nSPS) is 11.5. The number of hydrogen-bond donors (Lipinski definition) is 0. The zero-order valence-corrected chi connectivity index (χ0v) is 10.2.